The summed E-state index contributed by atoms with van der Waals surface area (Å²) in [4.78, 5) is 20.8. The number of hydrogen-bond acceptors (Lipinski definition) is 6. The Morgan fingerprint density at radius 2 is 1.83 bits per heavy atom. The molecule has 7 heteroatoms. The summed E-state index contributed by atoms with van der Waals surface area (Å²) in [5.74, 6) is -0.172. The van der Waals surface area contributed by atoms with Crippen molar-refractivity contribution in [1.82, 2.24) is 5.32 Å². The molecule has 0 saturated carbocycles. The van der Waals surface area contributed by atoms with Gasteiger partial charge in [-0.3, -0.25) is 4.79 Å². The van der Waals surface area contributed by atoms with Crippen molar-refractivity contribution in [1.29, 1.82) is 0 Å². The predicted octanol–water partition coefficient (Wildman–Crippen LogP) is 0.768. The summed E-state index contributed by atoms with van der Waals surface area (Å²) in [6, 6.07) is 7.66. The van der Waals surface area contributed by atoms with Crippen molar-refractivity contribution < 1.29 is 19.4 Å². The molecular formula is C17H31N3O4. The molecule has 1 unspecified atom stereocenters. The molecule has 0 heterocycles. The summed E-state index contributed by atoms with van der Waals surface area (Å²) in [5, 5.41) is 12.4. The molecule has 0 aromatic heterocycles. The smallest absolute Gasteiger partial charge is 0.237 e. The average molecular weight is 341 g/mol. The fourth-order valence-corrected chi connectivity index (χ4v) is 1.50. The average Bonchev–Trinajstić information content (AvgIpc) is 2.62. The number of hydrogen-bond donors (Lipinski definition) is 4. The third-order valence-electron chi connectivity index (χ3n) is 2.93. The molecule has 0 aliphatic rings. The zero-order chi connectivity index (χ0) is 19.0. The first-order valence-electron chi connectivity index (χ1n) is 7.63. The number of aldehydes is 1. The molecule has 0 fully saturated rings. The van der Waals surface area contributed by atoms with Crippen LogP contribution in [0.1, 0.15) is 19.4 Å². The summed E-state index contributed by atoms with van der Waals surface area (Å²) in [7, 11) is 4.61. The molecule has 24 heavy (non-hydrogen) atoms. The van der Waals surface area contributed by atoms with E-state index in [0.717, 1.165) is 12.8 Å². The Kier molecular flexibility index (Phi) is 16.1. The number of ether oxygens (including phenoxy) is 1. The van der Waals surface area contributed by atoms with E-state index in [-0.39, 0.29) is 18.4 Å². The first-order valence-corrected chi connectivity index (χ1v) is 7.63. The van der Waals surface area contributed by atoms with Crippen LogP contribution in [0.4, 0.5) is 5.69 Å². The zero-order valence-corrected chi connectivity index (χ0v) is 15.2. The van der Waals surface area contributed by atoms with Crippen LogP contribution in [-0.2, 0) is 20.9 Å². The zero-order valence-electron chi connectivity index (χ0n) is 15.2. The lowest BCUT2D eigenvalue weighted by Crippen LogP contribution is -2.44. The number of benzene rings is 1. The van der Waals surface area contributed by atoms with Gasteiger partial charge in [-0.25, -0.2) is 0 Å². The molecule has 5 N–H and O–H groups in total. The first-order chi connectivity index (χ1) is 11.5. The lowest BCUT2D eigenvalue weighted by atomic mass is 10.1. The number of aliphatic hydroxyl groups excluding tert-OH is 1. The maximum absolute atomic E-state index is 10.9. The Morgan fingerprint density at radius 3 is 2.21 bits per heavy atom. The quantitative estimate of drug-likeness (QED) is 0.545. The van der Waals surface area contributed by atoms with Crippen LogP contribution in [0.25, 0.3) is 0 Å². The van der Waals surface area contributed by atoms with Crippen LogP contribution < -0.4 is 16.4 Å². The minimum Gasteiger partial charge on any atom is -0.400 e. The summed E-state index contributed by atoms with van der Waals surface area (Å²) < 4.78 is 4.98. The van der Waals surface area contributed by atoms with Crippen molar-refractivity contribution in [2.45, 2.75) is 26.5 Å². The predicted molar refractivity (Wildman–Crippen MR) is 96.7 cm³/mol. The molecule has 138 valence electrons. The van der Waals surface area contributed by atoms with Gasteiger partial charge in [0.15, 0.2) is 0 Å². The topological polar surface area (TPSA) is 114 Å². The third-order valence-corrected chi connectivity index (χ3v) is 2.93. The number of anilines is 1. The van der Waals surface area contributed by atoms with Crippen LogP contribution in [0.5, 0.6) is 0 Å². The number of aliphatic hydroxyl groups is 1. The highest BCUT2D eigenvalue weighted by Gasteiger charge is 2.15. The minimum absolute atomic E-state index is 0.0409. The molecule has 0 bridgehead atoms. The van der Waals surface area contributed by atoms with E-state index in [0.29, 0.717) is 12.9 Å². The highest BCUT2D eigenvalue weighted by atomic mass is 16.5. The maximum atomic E-state index is 10.9. The Morgan fingerprint density at radius 1 is 1.29 bits per heavy atom. The second kappa shape index (κ2) is 15.9. The monoisotopic (exact) mass is 341 g/mol. The van der Waals surface area contributed by atoms with Crippen molar-refractivity contribution in [3.05, 3.63) is 29.8 Å². The van der Waals surface area contributed by atoms with Gasteiger partial charge < -0.3 is 31.0 Å². The summed E-state index contributed by atoms with van der Waals surface area (Å²) in [6.45, 7) is 4.43. The Labute approximate surface area is 144 Å². The molecular weight excluding hydrogens is 310 g/mol. The van der Waals surface area contributed by atoms with Crippen LogP contribution in [0, 0.1) is 5.92 Å². The van der Waals surface area contributed by atoms with Gasteiger partial charge in [-0.15, -0.1) is 0 Å². The van der Waals surface area contributed by atoms with Gasteiger partial charge in [-0.2, -0.15) is 0 Å². The molecule has 7 nitrogen and oxygen atoms in total. The van der Waals surface area contributed by atoms with Crippen molar-refractivity contribution >= 4 is 17.9 Å². The Bertz CT molecular complexity index is 436. The molecule has 1 amide bonds. The van der Waals surface area contributed by atoms with Crippen molar-refractivity contribution in [2.75, 3.05) is 33.1 Å². The molecule has 0 radical (unpaired) electrons. The number of carbonyl (C=O) groups excluding carboxylic acids is 2. The lowest BCUT2D eigenvalue weighted by molar-refractivity contribution is -0.124. The number of nitrogens with one attached hydrogen (secondary N) is 2. The molecule has 1 atom stereocenters. The Hall–Kier alpha value is -1.96. The number of nitrogens with two attached hydrogens (primary N) is 1. The third kappa shape index (κ3) is 11.6. The molecule has 1 rings (SSSR count). The van der Waals surface area contributed by atoms with E-state index in [9.17, 15) is 9.59 Å². The first kappa shape index (κ1) is 24.3. The number of rotatable bonds is 7. The van der Waals surface area contributed by atoms with E-state index >= 15 is 0 Å². The van der Waals surface area contributed by atoms with Gasteiger partial charge in [-0.05, 0) is 23.6 Å². The lowest BCUT2D eigenvalue weighted by Gasteiger charge is -2.13. The van der Waals surface area contributed by atoms with Crippen molar-refractivity contribution in [3.8, 4) is 0 Å². The standard InChI is InChI=1S/C9H13NO.C7H14N2O2.CH4O/c1-10-9-5-3-8(4-6-9)7-11-2;1-5(2)6(8)7(11)9-3-4-10;1-2/h3-6,10H,7H2,1-2H3;4-6H,3,8H2,1-2H3,(H,9,11);2H,1H3. The molecule has 0 aliphatic carbocycles. The number of carbonyl (C=O) groups is 2. The largest absolute Gasteiger partial charge is 0.400 e. The maximum Gasteiger partial charge on any atom is 0.237 e. The van der Waals surface area contributed by atoms with Gasteiger partial charge in [0.2, 0.25) is 5.91 Å². The summed E-state index contributed by atoms with van der Waals surface area (Å²) >= 11 is 0. The normalized spacial score (nSPS) is 10.5. The minimum atomic E-state index is -0.519. The van der Waals surface area contributed by atoms with Crippen LogP contribution in [0.3, 0.4) is 0 Å². The van der Waals surface area contributed by atoms with E-state index in [1.54, 1.807) is 7.11 Å². The van der Waals surface area contributed by atoms with Gasteiger partial charge in [0.05, 0.1) is 19.2 Å². The van der Waals surface area contributed by atoms with Crippen LogP contribution in [0.15, 0.2) is 24.3 Å². The van der Waals surface area contributed by atoms with E-state index in [1.807, 2.05) is 33.0 Å². The van der Waals surface area contributed by atoms with Crippen LogP contribution >= 0.6 is 0 Å². The van der Waals surface area contributed by atoms with Gasteiger partial charge in [0.25, 0.3) is 0 Å². The Balaban J connectivity index is 0. The number of methoxy groups -OCH3 is 1. The molecule has 1 aromatic carbocycles. The molecule has 0 spiro atoms. The summed E-state index contributed by atoms with van der Waals surface area (Å²) in [6.07, 6.45) is 0.630. The fourth-order valence-electron chi connectivity index (χ4n) is 1.50. The van der Waals surface area contributed by atoms with E-state index in [4.69, 9.17) is 15.6 Å². The van der Waals surface area contributed by atoms with Crippen LogP contribution in [0.2, 0.25) is 0 Å². The molecule has 0 aliphatic heterocycles. The highest BCUT2D eigenvalue weighted by Crippen LogP contribution is 2.08. The molecule has 1 aromatic rings. The van der Waals surface area contributed by atoms with Crippen molar-refractivity contribution in [2.24, 2.45) is 11.7 Å². The van der Waals surface area contributed by atoms with Crippen molar-refractivity contribution in [3.63, 3.8) is 0 Å². The second-order valence-corrected chi connectivity index (χ2v) is 5.06. The van der Waals surface area contributed by atoms with E-state index in [2.05, 4.69) is 22.8 Å². The second-order valence-electron chi connectivity index (χ2n) is 5.06. The van der Waals surface area contributed by atoms with Gasteiger partial charge in [0.1, 0.15) is 6.29 Å². The van der Waals surface area contributed by atoms with Crippen LogP contribution in [-0.4, -0.2) is 51.2 Å². The SMILES string of the molecule is CC(C)C(N)C(=O)NCC=O.CNc1ccc(COC)cc1.CO. The molecule has 0 saturated heterocycles. The van der Waals surface area contributed by atoms with E-state index in [1.165, 1.54) is 5.56 Å². The fraction of sp³-hybridized carbons (Fsp3) is 0.529. The number of amides is 1. The van der Waals surface area contributed by atoms with Gasteiger partial charge in [0, 0.05) is 27.0 Å². The van der Waals surface area contributed by atoms with Gasteiger partial charge >= 0.3 is 0 Å². The van der Waals surface area contributed by atoms with Gasteiger partial charge in [-0.1, -0.05) is 26.0 Å². The van der Waals surface area contributed by atoms with E-state index < -0.39 is 6.04 Å². The highest BCUT2D eigenvalue weighted by molar-refractivity contribution is 5.83. The summed E-state index contributed by atoms with van der Waals surface area (Å²) in [5.41, 5.74) is 7.80.